The third-order valence-electron chi connectivity index (χ3n) is 3.12. The standard InChI is InChI=1S/C13H14BrNS/c1-8-15-12-7-9(2-5-13(12)16-8)6-11(14)10-3-4-10/h2,5,7,10-11H,3-4,6H2,1H3. The van der Waals surface area contributed by atoms with Crippen LogP contribution in [0.25, 0.3) is 10.2 Å². The predicted molar refractivity (Wildman–Crippen MR) is 73.5 cm³/mol. The van der Waals surface area contributed by atoms with Gasteiger partial charge >= 0.3 is 0 Å². The van der Waals surface area contributed by atoms with Gasteiger partial charge in [-0.3, -0.25) is 0 Å². The van der Waals surface area contributed by atoms with Gasteiger partial charge in [0.2, 0.25) is 0 Å². The number of fused-ring (bicyclic) bond motifs is 1. The van der Waals surface area contributed by atoms with E-state index in [1.54, 1.807) is 11.3 Å². The fourth-order valence-corrected chi connectivity index (χ4v) is 3.77. The van der Waals surface area contributed by atoms with Crippen LogP contribution in [-0.4, -0.2) is 9.81 Å². The molecule has 1 atom stereocenters. The van der Waals surface area contributed by atoms with Gasteiger partial charge in [0.15, 0.2) is 0 Å². The summed E-state index contributed by atoms with van der Waals surface area (Å²) in [5.74, 6) is 0.910. The van der Waals surface area contributed by atoms with Crippen molar-refractivity contribution in [1.82, 2.24) is 4.98 Å². The zero-order chi connectivity index (χ0) is 11.1. The molecular weight excluding hydrogens is 282 g/mol. The number of halogens is 1. The Morgan fingerprint density at radius 2 is 2.31 bits per heavy atom. The average molecular weight is 296 g/mol. The maximum atomic E-state index is 4.54. The molecule has 1 heterocycles. The highest BCUT2D eigenvalue weighted by molar-refractivity contribution is 9.09. The SMILES string of the molecule is Cc1nc2cc(CC(Br)C3CC3)ccc2s1. The molecule has 0 bridgehead atoms. The molecule has 16 heavy (non-hydrogen) atoms. The van der Waals surface area contributed by atoms with Crippen LogP contribution in [0.5, 0.6) is 0 Å². The largest absolute Gasteiger partial charge is 0.242 e. The Labute approximate surface area is 108 Å². The molecule has 3 rings (SSSR count). The Hall–Kier alpha value is -0.410. The van der Waals surface area contributed by atoms with Crippen molar-refractivity contribution in [3.63, 3.8) is 0 Å². The van der Waals surface area contributed by atoms with E-state index in [2.05, 4.69) is 46.0 Å². The van der Waals surface area contributed by atoms with Gasteiger partial charge in [0, 0.05) is 4.83 Å². The predicted octanol–water partition coefficient (Wildman–Crippen LogP) is 4.32. The summed E-state index contributed by atoms with van der Waals surface area (Å²) in [6.45, 7) is 2.07. The molecular formula is C13H14BrNS. The molecule has 0 spiro atoms. The van der Waals surface area contributed by atoms with Crippen LogP contribution in [0.4, 0.5) is 0 Å². The average Bonchev–Trinajstić information content (AvgIpc) is 3.01. The van der Waals surface area contributed by atoms with Crippen LogP contribution in [0.15, 0.2) is 18.2 Å². The summed E-state index contributed by atoms with van der Waals surface area (Å²) in [6.07, 6.45) is 3.93. The first-order valence-electron chi connectivity index (χ1n) is 5.72. The lowest BCUT2D eigenvalue weighted by atomic mass is 10.1. The van der Waals surface area contributed by atoms with E-state index in [1.165, 1.54) is 23.1 Å². The van der Waals surface area contributed by atoms with Crippen LogP contribution in [0.2, 0.25) is 0 Å². The summed E-state index contributed by atoms with van der Waals surface area (Å²) in [5, 5.41) is 1.16. The van der Waals surface area contributed by atoms with E-state index in [0.717, 1.165) is 22.9 Å². The van der Waals surface area contributed by atoms with Crippen molar-refractivity contribution in [2.75, 3.05) is 0 Å². The Morgan fingerprint density at radius 1 is 1.50 bits per heavy atom. The second kappa shape index (κ2) is 4.11. The van der Waals surface area contributed by atoms with Gasteiger partial charge in [0.1, 0.15) is 0 Å². The summed E-state index contributed by atoms with van der Waals surface area (Å²) < 4.78 is 1.30. The van der Waals surface area contributed by atoms with Gasteiger partial charge in [-0.2, -0.15) is 0 Å². The molecule has 1 aromatic carbocycles. The number of aryl methyl sites for hydroxylation is 1. The van der Waals surface area contributed by atoms with Gasteiger partial charge < -0.3 is 0 Å². The first-order valence-corrected chi connectivity index (χ1v) is 7.46. The minimum atomic E-state index is 0.657. The van der Waals surface area contributed by atoms with Gasteiger partial charge in [-0.15, -0.1) is 11.3 Å². The van der Waals surface area contributed by atoms with Crippen molar-refractivity contribution in [2.45, 2.75) is 31.0 Å². The molecule has 1 nitrogen and oxygen atoms in total. The van der Waals surface area contributed by atoms with E-state index in [0.29, 0.717) is 4.83 Å². The van der Waals surface area contributed by atoms with Gasteiger partial charge in [0.05, 0.1) is 15.2 Å². The number of hydrogen-bond donors (Lipinski definition) is 0. The number of alkyl halides is 1. The van der Waals surface area contributed by atoms with E-state index in [4.69, 9.17) is 0 Å². The van der Waals surface area contributed by atoms with Crippen molar-refractivity contribution in [1.29, 1.82) is 0 Å². The van der Waals surface area contributed by atoms with Crippen LogP contribution in [-0.2, 0) is 6.42 Å². The minimum absolute atomic E-state index is 0.657. The van der Waals surface area contributed by atoms with Crippen molar-refractivity contribution < 1.29 is 0 Å². The number of benzene rings is 1. The molecule has 1 saturated carbocycles. The normalized spacial score (nSPS) is 17.9. The molecule has 0 saturated heterocycles. The lowest BCUT2D eigenvalue weighted by Crippen LogP contribution is -2.04. The van der Waals surface area contributed by atoms with Gasteiger partial charge in [0.25, 0.3) is 0 Å². The lowest BCUT2D eigenvalue weighted by Gasteiger charge is -2.07. The molecule has 0 aliphatic heterocycles. The number of nitrogens with zero attached hydrogens (tertiary/aromatic N) is 1. The molecule has 0 radical (unpaired) electrons. The molecule has 1 aliphatic rings. The van der Waals surface area contributed by atoms with Gasteiger partial charge in [-0.25, -0.2) is 4.98 Å². The van der Waals surface area contributed by atoms with Crippen LogP contribution in [0, 0.1) is 12.8 Å². The summed E-state index contributed by atoms with van der Waals surface area (Å²) in [6, 6.07) is 6.70. The maximum absolute atomic E-state index is 4.54. The molecule has 2 aromatic rings. The minimum Gasteiger partial charge on any atom is -0.242 e. The monoisotopic (exact) mass is 295 g/mol. The lowest BCUT2D eigenvalue weighted by molar-refractivity contribution is 0.761. The summed E-state index contributed by atoms with van der Waals surface area (Å²) in [5.41, 5.74) is 2.57. The highest BCUT2D eigenvalue weighted by atomic mass is 79.9. The Balaban J connectivity index is 1.86. The summed E-state index contributed by atoms with van der Waals surface area (Å²) >= 11 is 5.57. The molecule has 3 heteroatoms. The molecule has 0 amide bonds. The number of hydrogen-bond acceptors (Lipinski definition) is 2. The number of aromatic nitrogens is 1. The van der Waals surface area contributed by atoms with E-state index in [9.17, 15) is 0 Å². The number of rotatable bonds is 3. The Morgan fingerprint density at radius 3 is 3.06 bits per heavy atom. The van der Waals surface area contributed by atoms with E-state index in [-0.39, 0.29) is 0 Å². The van der Waals surface area contributed by atoms with Crippen LogP contribution in [0.1, 0.15) is 23.4 Å². The zero-order valence-electron chi connectivity index (χ0n) is 9.24. The Bertz CT molecular complexity index is 516. The number of thiazole rings is 1. The summed E-state index contributed by atoms with van der Waals surface area (Å²) in [7, 11) is 0. The zero-order valence-corrected chi connectivity index (χ0v) is 11.6. The van der Waals surface area contributed by atoms with Crippen molar-refractivity contribution in [2.24, 2.45) is 5.92 Å². The fraction of sp³-hybridized carbons (Fsp3) is 0.462. The third kappa shape index (κ3) is 2.16. The highest BCUT2D eigenvalue weighted by Gasteiger charge is 2.29. The molecule has 0 N–H and O–H groups in total. The molecule has 84 valence electrons. The second-order valence-electron chi connectivity index (χ2n) is 4.59. The summed E-state index contributed by atoms with van der Waals surface area (Å²) in [4.78, 5) is 5.20. The van der Waals surface area contributed by atoms with E-state index >= 15 is 0 Å². The van der Waals surface area contributed by atoms with Crippen LogP contribution >= 0.6 is 27.3 Å². The smallest absolute Gasteiger partial charge is 0.0907 e. The Kier molecular flexibility index (Phi) is 2.76. The molecule has 1 aliphatic carbocycles. The fourth-order valence-electron chi connectivity index (χ4n) is 2.06. The van der Waals surface area contributed by atoms with Crippen molar-refractivity contribution >= 4 is 37.5 Å². The first-order chi connectivity index (χ1) is 7.72. The van der Waals surface area contributed by atoms with Crippen LogP contribution in [0.3, 0.4) is 0 Å². The van der Waals surface area contributed by atoms with Crippen molar-refractivity contribution in [3.05, 3.63) is 28.8 Å². The maximum Gasteiger partial charge on any atom is 0.0907 e. The molecule has 1 unspecified atom stereocenters. The first kappa shape index (κ1) is 10.7. The van der Waals surface area contributed by atoms with E-state index in [1.807, 2.05) is 0 Å². The molecule has 1 fully saturated rings. The van der Waals surface area contributed by atoms with Gasteiger partial charge in [-0.05, 0) is 49.8 Å². The topological polar surface area (TPSA) is 12.9 Å². The molecule has 1 aromatic heterocycles. The quantitative estimate of drug-likeness (QED) is 0.769. The third-order valence-corrected chi connectivity index (χ3v) is 5.15. The van der Waals surface area contributed by atoms with Crippen molar-refractivity contribution in [3.8, 4) is 0 Å². The highest BCUT2D eigenvalue weighted by Crippen LogP contribution is 2.38. The second-order valence-corrected chi connectivity index (χ2v) is 7.00. The van der Waals surface area contributed by atoms with E-state index < -0.39 is 0 Å². The van der Waals surface area contributed by atoms with Gasteiger partial charge in [-0.1, -0.05) is 22.0 Å². The van der Waals surface area contributed by atoms with Crippen LogP contribution < -0.4 is 0 Å².